The molecule has 0 aromatic carbocycles. The summed E-state index contributed by atoms with van der Waals surface area (Å²) in [4.78, 5) is 0. The molecule has 2 rings (SSSR count). The molecule has 1 atom stereocenters. The number of hydrogen-bond acceptors (Lipinski definition) is 2. The van der Waals surface area contributed by atoms with E-state index in [9.17, 15) is 0 Å². The zero-order valence-corrected chi connectivity index (χ0v) is 11.3. The molecule has 1 unspecified atom stereocenters. The summed E-state index contributed by atoms with van der Waals surface area (Å²) in [6.45, 7) is 8.65. The monoisotopic (exact) mass is 241 g/mol. The van der Waals surface area contributed by atoms with Crippen molar-refractivity contribution in [2.24, 2.45) is 5.92 Å². The van der Waals surface area contributed by atoms with Crippen LogP contribution in [0, 0.1) is 5.92 Å². The van der Waals surface area contributed by atoms with E-state index in [2.05, 4.69) is 42.5 Å². The van der Waals surface area contributed by atoms with E-state index >= 15 is 0 Å². The largest absolute Gasteiger partial charge is 0.298 e. The van der Waals surface area contributed by atoms with Gasteiger partial charge in [-0.15, -0.1) is 10.2 Å². The number of hydrogen-bond donors (Lipinski definition) is 0. The molecule has 0 spiro atoms. The van der Waals surface area contributed by atoms with Crippen molar-refractivity contribution in [3.63, 3.8) is 0 Å². The van der Waals surface area contributed by atoms with Gasteiger partial charge in [-0.3, -0.25) is 4.57 Å². The molecule has 3 nitrogen and oxygen atoms in total. The van der Waals surface area contributed by atoms with Crippen LogP contribution in [0.15, 0.2) is 0 Å². The topological polar surface area (TPSA) is 30.7 Å². The van der Waals surface area contributed by atoms with Gasteiger partial charge in [0.05, 0.1) is 0 Å². The SMILES string of the molecule is CC(CC1CC1)n1c(Cl)nnc1C(C)(C)C. The smallest absolute Gasteiger partial charge is 0.225 e. The van der Waals surface area contributed by atoms with Gasteiger partial charge in [-0.25, -0.2) is 0 Å². The molecule has 4 heteroatoms. The van der Waals surface area contributed by atoms with Gasteiger partial charge in [-0.2, -0.15) is 0 Å². The summed E-state index contributed by atoms with van der Waals surface area (Å²) >= 11 is 6.14. The highest BCUT2D eigenvalue weighted by Crippen LogP contribution is 2.38. The highest BCUT2D eigenvalue weighted by molar-refractivity contribution is 6.28. The standard InChI is InChI=1S/C12H20ClN3/c1-8(7-9-5-6-9)16-10(12(2,3)4)14-15-11(16)13/h8-9H,5-7H2,1-4H3. The molecule has 0 saturated heterocycles. The van der Waals surface area contributed by atoms with Gasteiger partial charge in [0, 0.05) is 11.5 Å². The predicted molar refractivity (Wildman–Crippen MR) is 65.8 cm³/mol. The zero-order chi connectivity index (χ0) is 11.9. The Labute approximate surface area is 102 Å². The van der Waals surface area contributed by atoms with Crippen molar-refractivity contribution in [2.75, 3.05) is 0 Å². The van der Waals surface area contributed by atoms with Crippen LogP contribution >= 0.6 is 11.6 Å². The molecule has 0 aliphatic heterocycles. The predicted octanol–water partition coefficient (Wildman–Crippen LogP) is 3.59. The third-order valence-corrected chi connectivity index (χ3v) is 3.39. The van der Waals surface area contributed by atoms with E-state index in [1.165, 1.54) is 19.3 Å². The van der Waals surface area contributed by atoms with Crippen LogP contribution < -0.4 is 0 Å². The van der Waals surface area contributed by atoms with Crippen molar-refractivity contribution in [1.82, 2.24) is 14.8 Å². The summed E-state index contributed by atoms with van der Waals surface area (Å²) in [6, 6.07) is 0.407. The molecule has 90 valence electrons. The van der Waals surface area contributed by atoms with Crippen molar-refractivity contribution in [3.8, 4) is 0 Å². The summed E-state index contributed by atoms with van der Waals surface area (Å²) in [6.07, 6.45) is 3.94. The van der Waals surface area contributed by atoms with Crippen LogP contribution in [-0.2, 0) is 5.41 Å². The van der Waals surface area contributed by atoms with Gasteiger partial charge in [0.2, 0.25) is 5.28 Å². The van der Waals surface area contributed by atoms with E-state index in [0.717, 1.165) is 11.7 Å². The van der Waals surface area contributed by atoms with Crippen LogP contribution in [0.25, 0.3) is 0 Å². The molecule has 0 bridgehead atoms. The van der Waals surface area contributed by atoms with Crippen LogP contribution in [0.5, 0.6) is 0 Å². The van der Waals surface area contributed by atoms with Crippen LogP contribution in [0.1, 0.15) is 58.8 Å². The Morgan fingerprint density at radius 1 is 1.38 bits per heavy atom. The van der Waals surface area contributed by atoms with E-state index in [0.29, 0.717) is 11.3 Å². The summed E-state index contributed by atoms with van der Waals surface area (Å²) < 4.78 is 2.10. The second kappa shape index (κ2) is 4.02. The van der Waals surface area contributed by atoms with E-state index in [-0.39, 0.29) is 5.41 Å². The minimum Gasteiger partial charge on any atom is -0.298 e. The molecule has 1 heterocycles. The molecule has 16 heavy (non-hydrogen) atoms. The lowest BCUT2D eigenvalue weighted by Gasteiger charge is -2.23. The Bertz CT molecular complexity index is 374. The van der Waals surface area contributed by atoms with Gasteiger partial charge < -0.3 is 0 Å². The third-order valence-electron chi connectivity index (χ3n) is 3.14. The Hall–Kier alpha value is -0.570. The quantitative estimate of drug-likeness (QED) is 0.810. The second-order valence-electron chi connectivity index (χ2n) is 5.94. The third kappa shape index (κ3) is 2.40. The molecule has 1 aromatic rings. The first-order valence-corrected chi connectivity index (χ1v) is 6.38. The van der Waals surface area contributed by atoms with Crippen molar-refractivity contribution < 1.29 is 0 Å². The van der Waals surface area contributed by atoms with Gasteiger partial charge in [0.25, 0.3) is 0 Å². The van der Waals surface area contributed by atoms with Crippen molar-refractivity contribution in [3.05, 3.63) is 11.1 Å². The van der Waals surface area contributed by atoms with E-state index in [4.69, 9.17) is 11.6 Å². The molecular formula is C12H20ClN3. The fraction of sp³-hybridized carbons (Fsp3) is 0.833. The molecule has 1 saturated carbocycles. The Balaban J connectivity index is 2.26. The maximum Gasteiger partial charge on any atom is 0.225 e. The molecule has 1 aliphatic rings. The molecule has 1 fully saturated rings. The highest BCUT2D eigenvalue weighted by atomic mass is 35.5. The Morgan fingerprint density at radius 3 is 2.50 bits per heavy atom. The average Bonchev–Trinajstić information content (AvgIpc) is 2.85. The minimum atomic E-state index is -0.00203. The average molecular weight is 242 g/mol. The molecular weight excluding hydrogens is 222 g/mol. The lowest BCUT2D eigenvalue weighted by molar-refractivity contribution is 0.419. The van der Waals surface area contributed by atoms with Gasteiger partial charge in [-0.1, -0.05) is 33.6 Å². The van der Waals surface area contributed by atoms with Crippen LogP contribution in [0.2, 0.25) is 5.28 Å². The zero-order valence-electron chi connectivity index (χ0n) is 10.5. The summed E-state index contributed by atoms with van der Waals surface area (Å²) in [5.74, 6) is 1.88. The maximum atomic E-state index is 6.14. The highest BCUT2D eigenvalue weighted by Gasteiger charge is 2.29. The van der Waals surface area contributed by atoms with Crippen LogP contribution in [0.4, 0.5) is 0 Å². The summed E-state index contributed by atoms with van der Waals surface area (Å²) in [7, 11) is 0. The fourth-order valence-electron chi connectivity index (χ4n) is 2.12. The van der Waals surface area contributed by atoms with Gasteiger partial charge >= 0.3 is 0 Å². The first kappa shape index (κ1) is 11.9. The summed E-state index contributed by atoms with van der Waals surface area (Å²) in [5.41, 5.74) is -0.00203. The maximum absolute atomic E-state index is 6.14. The number of rotatable bonds is 3. The number of nitrogens with zero attached hydrogens (tertiary/aromatic N) is 3. The second-order valence-corrected chi connectivity index (χ2v) is 6.28. The Morgan fingerprint density at radius 2 is 2.00 bits per heavy atom. The van der Waals surface area contributed by atoms with Crippen molar-refractivity contribution in [1.29, 1.82) is 0 Å². The fourth-order valence-corrected chi connectivity index (χ4v) is 2.40. The lowest BCUT2D eigenvalue weighted by Crippen LogP contribution is -2.21. The van der Waals surface area contributed by atoms with Crippen LogP contribution in [-0.4, -0.2) is 14.8 Å². The number of aromatic nitrogens is 3. The van der Waals surface area contributed by atoms with Crippen molar-refractivity contribution >= 4 is 11.6 Å². The molecule has 1 aliphatic carbocycles. The van der Waals surface area contributed by atoms with Gasteiger partial charge in [0.1, 0.15) is 5.82 Å². The van der Waals surface area contributed by atoms with E-state index < -0.39 is 0 Å². The molecule has 1 aromatic heterocycles. The number of halogens is 1. The first-order chi connectivity index (χ1) is 7.39. The Kier molecular flexibility index (Phi) is 2.99. The van der Waals surface area contributed by atoms with Crippen LogP contribution in [0.3, 0.4) is 0 Å². The molecule has 0 N–H and O–H groups in total. The molecule has 0 amide bonds. The normalized spacial score (nSPS) is 18.8. The van der Waals surface area contributed by atoms with Gasteiger partial charge in [-0.05, 0) is 30.9 Å². The van der Waals surface area contributed by atoms with E-state index in [1.54, 1.807) is 0 Å². The van der Waals surface area contributed by atoms with Gasteiger partial charge in [0.15, 0.2) is 0 Å². The van der Waals surface area contributed by atoms with E-state index in [1.807, 2.05) is 0 Å². The first-order valence-electron chi connectivity index (χ1n) is 6.00. The summed E-state index contributed by atoms with van der Waals surface area (Å²) in [5, 5.41) is 8.75. The van der Waals surface area contributed by atoms with Crippen molar-refractivity contribution in [2.45, 2.75) is 58.4 Å². The molecule has 0 radical (unpaired) electrons. The lowest BCUT2D eigenvalue weighted by atomic mass is 9.95. The minimum absolute atomic E-state index is 0.00203.